The van der Waals surface area contributed by atoms with Gasteiger partial charge in [0.15, 0.2) is 0 Å². The minimum Gasteiger partial charge on any atom is -0.382 e. The molecule has 1 aliphatic carbocycles. The Balaban J connectivity index is 1.97. The van der Waals surface area contributed by atoms with Gasteiger partial charge in [0.2, 0.25) is 0 Å². The summed E-state index contributed by atoms with van der Waals surface area (Å²) in [7, 11) is 0. The van der Waals surface area contributed by atoms with Crippen LogP contribution in [0.2, 0.25) is 0 Å². The van der Waals surface area contributed by atoms with Gasteiger partial charge in [-0.2, -0.15) is 0 Å². The van der Waals surface area contributed by atoms with Gasteiger partial charge in [0.05, 0.1) is 8.49 Å². The molecule has 0 aromatic heterocycles. The lowest BCUT2D eigenvalue weighted by Crippen LogP contribution is -2.25. The van der Waals surface area contributed by atoms with Crippen molar-refractivity contribution < 1.29 is 4.92 Å². The average Bonchev–Trinajstić information content (AvgIpc) is 2.39. The summed E-state index contributed by atoms with van der Waals surface area (Å²) in [5.41, 5.74) is 1.18. The van der Waals surface area contributed by atoms with Crippen LogP contribution in [0.1, 0.15) is 39.0 Å². The van der Waals surface area contributed by atoms with Crippen LogP contribution in [0.15, 0.2) is 18.2 Å². The van der Waals surface area contributed by atoms with Crippen LogP contribution >= 0.6 is 22.6 Å². The summed E-state index contributed by atoms with van der Waals surface area (Å²) in [6, 6.07) is 5.78. The van der Waals surface area contributed by atoms with Crippen LogP contribution in [0.25, 0.3) is 0 Å². The maximum Gasteiger partial charge on any atom is 0.282 e. The maximum absolute atomic E-state index is 10.8. The monoisotopic (exact) mass is 374 g/mol. The molecule has 19 heavy (non-hydrogen) atoms. The zero-order chi connectivity index (χ0) is 13.8. The second kappa shape index (κ2) is 6.54. The van der Waals surface area contributed by atoms with Gasteiger partial charge in [0.1, 0.15) is 0 Å². The second-order valence-corrected chi connectivity index (χ2v) is 6.36. The van der Waals surface area contributed by atoms with Gasteiger partial charge < -0.3 is 5.32 Å². The van der Waals surface area contributed by atoms with Crippen molar-refractivity contribution in [2.24, 2.45) is 5.92 Å². The van der Waals surface area contributed by atoms with Crippen molar-refractivity contribution in [1.82, 2.24) is 0 Å². The summed E-state index contributed by atoms with van der Waals surface area (Å²) < 4.78 is 0.690. The molecule has 1 aliphatic rings. The molecule has 0 saturated heterocycles. The van der Waals surface area contributed by atoms with Crippen molar-refractivity contribution in [3.8, 4) is 0 Å². The standard InChI is InChI=1S/C14H19IN2O2/c1-2-10-3-5-11(6-4-10)16-12-7-8-14(17(18)19)13(15)9-12/h7-11,16H,2-6H2,1H3. The van der Waals surface area contributed by atoms with Gasteiger partial charge in [0.25, 0.3) is 5.69 Å². The summed E-state index contributed by atoms with van der Waals surface area (Å²) in [6.45, 7) is 2.26. The van der Waals surface area contributed by atoms with Crippen molar-refractivity contribution in [3.05, 3.63) is 31.9 Å². The van der Waals surface area contributed by atoms with Gasteiger partial charge in [-0.3, -0.25) is 10.1 Å². The van der Waals surface area contributed by atoms with E-state index in [1.54, 1.807) is 6.07 Å². The molecule has 104 valence electrons. The molecule has 1 fully saturated rings. The first-order valence-electron chi connectivity index (χ1n) is 6.80. The van der Waals surface area contributed by atoms with E-state index in [1.165, 1.54) is 32.1 Å². The summed E-state index contributed by atoms with van der Waals surface area (Å²) in [5.74, 6) is 0.884. The fourth-order valence-corrected chi connectivity index (χ4v) is 3.41. The Kier molecular flexibility index (Phi) is 5.01. The average molecular weight is 374 g/mol. The molecule has 1 aromatic rings. The highest BCUT2D eigenvalue weighted by atomic mass is 127. The third-order valence-corrected chi connectivity index (χ3v) is 4.80. The third-order valence-electron chi connectivity index (χ3n) is 3.94. The minimum absolute atomic E-state index is 0.181. The molecule has 4 nitrogen and oxygen atoms in total. The van der Waals surface area contributed by atoms with E-state index in [1.807, 2.05) is 34.7 Å². The largest absolute Gasteiger partial charge is 0.382 e. The number of rotatable bonds is 4. The van der Waals surface area contributed by atoms with E-state index in [9.17, 15) is 10.1 Å². The molecular formula is C14H19IN2O2. The zero-order valence-corrected chi connectivity index (χ0v) is 13.2. The molecule has 1 saturated carbocycles. The Bertz CT molecular complexity index is 457. The number of nitro groups is 1. The number of benzene rings is 1. The first-order chi connectivity index (χ1) is 9.10. The van der Waals surface area contributed by atoms with Crippen molar-refractivity contribution >= 4 is 34.0 Å². The summed E-state index contributed by atoms with van der Waals surface area (Å²) in [6.07, 6.45) is 6.26. The molecule has 0 spiro atoms. The Hall–Kier alpha value is -0.850. The summed E-state index contributed by atoms with van der Waals surface area (Å²) >= 11 is 2.02. The molecule has 0 bridgehead atoms. The highest BCUT2D eigenvalue weighted by Crippen LogP contribution is 2.30. The summed E-state index contributed by atoms with van der Waals surface area (Å²) in [4.78, 5) is 10.4. The highest BCUT2D eigenvalue weighted by molar-refractivity contribution is 14.1. The Morgan fingerprint density at radius 2 is 2.05 bits per heavy atom. The van der Waals surface area contributed by atoms with Crippen LogP contribution in [-0.4, -0.2) is 11.0 Å². The second-order valence-electron chi connectivity index (χ2n) is 5.19. The van der Waals surface area contributed by atoms with Crippen LogP contribution in [-0.2, 0) is 0 Å². The van der Waals surface area contributed by atoms with Crippen LogP contribution < -0.4 is 5.32 Å². The third kappa shape index (κ3) is 3.81. The fourth-order valence-electron chi connectivity index (χ4n) is 2.70. The van der Waals surface area contributed by atoms with E-state index in [0.29, 0.717) is 9.61 Å². The molecule has 0 heterocycles. The van der Waals surface area contributed by atoms with E-state index >= 15 is 0 Å². The molecule has 0 unspecified atom stereocenters. The van der Waals surface area contributed by atoms with Crippen molar-refractivity contribution in [2.45, 2.75) is 45.1 Å². The lowest BCUT2D eigenvalue weighted by atomic mass is 9.84. The van der Waals surface area contributed by atoms with Crippen LogP contribution in [0, 0.1) is 19.6 Å². The number of nitrogens with one attached hydrogen (secondary N) is 1. The maximum atomic E-state index is 10.8. The zero-order valence-electron chi connectivity index (χ0n) is 11.1. The van der Waals surface area contributed by atoms with Crippen molar-refractivity contribution in [2.75, 3.05) is 5.32 Å². The van der Waals surface area contributed by atoms with E-state index in [0.717, 1.165) is 11.6 Å². The van der Waals surface area contributed by atoms with Crippen LogP contribution in [0.3, 0.4) is 0 Å². The van der Waals surface area contributed by atoms with Crippen molar-refractivity contribution in [1.29, 1.82) is 0 Å². The number of nitrogens with zero attached hydrogens (tertiary/aromatic N) is 1. The molecule has 0 atom stereocenters. The molecule has 2 rings (SSSR count). The number of halogens is 1. The molecule has 1 N–H and O–H groups in total. The molecular weight excluding hydrogens is 355 g/mol. The molecule has 0 radical (unpaired) electrons. The molecule has 0 aliphatic heterocycles. The summed E-state index contributed by atoms with van der Waals surface area (Å²) in [5, 5.41) is 14.3. The first kappa shape index (κ1) is 14.6. The SMILES string of the molecule is CCC1CCC(Nc2ccc([N+](=O)[O-])c(I)c2)CC1. The topological polar surface area (TPSA) is 55.2 Å². The van der Waals surface area contributed by atoms with Crippen molar-refractivity contribution in [3.63, 3.8) is 0 Å². The number of anilines is 1. The Labute approximate surface area is 127 Å². The molecule has 5 heteroatoms. The van der Waals surface area contributed by atoms with Gasteiger partial charge in [-0.15, -0.1) is 0 Å². The van der Waals surface area contributed by atoms with Gasteiger partial charge in [-0.25, -0.2) is 0 Å². The lowest BCUT2D eigenvalue weighted by molar-refractivity contribution is -0.385. The van der Waals surface area contributed by atoms with E-state index in [-0.39, 0.29) is 10.6 Å². The van der Waals surface area contributed by atoms with Gasteiger partial charge in [-0.05, 0) is 66.3 Å². The predicted molar refractivity (Wildman–Crippen MR) is 85.5 cm³/mol. The quantitative estimate of drug-likeness (QED) is 0.477. The Morgan fingerprint density at radius 3 is 2.58 bits per heavy atom. The van der Waals surface area contributed by atoms with E-state index in [4.69, 9.17) is 0 Å². The number of hydrogen-bond acceptors (Lipinski definition) is 3. The Morgan fingerprint density at radius 1 is 1.37 bits per heavy atom. The molecule has 1 aromatic carbocycles. The minimum atomic E-state index is -0.335. The van der Waals surface area contributed by atoms with Crippen LogP contribution in [0.4, 0.5) is 11.4 Å². The van der Waals surface area contributed by atoms with E-state index in [2.05, 4.69) is 12.2 Å². The van der Waals surface area contributed by atoms with Gasteiger partial charge in [0, 0.05) is 17.8 Å². The number of nitro benzene ring substituents is 1. The normalized spacial score (nSPS) is 23.1. The predicted octanol–water partition coefficient (Wildman–Crippen LogP) is 4.58. The molecule has 0 amide bonds. The van der Waals surface area contributed by atoms with Crippen LogP contribution in [0.5, 0.6) is 0 Å². The smallest absolute Gasteiger partial charge is 0.282 e. The van der Waals surface area contributed by atoms with Gasteiger partial charge in [-0.1, -0.05) is 13.3 Å². The number of hydrogen-bond donors (Lipinski definition) is 1. The van der Waals surface area contributed by atoms with Gasteiger partial charge >= 0.3 is 0 Å². The van der Waals surface area contributed by atoms with E-state index < -0.39 is 0 Å². The lowest BCUT2D eigenvalue weighted by Gasteiger charge is -2.29. The first-order valence-corrected chi connectivity index (χ1v) is 7.88. The fraction of sp³-hybridized carbons (Fsp3) is 0.571. The highest BCUT2D eigenvalue weighted by Gasteiger charge is 2.20.